The SMILES string of the molecule is CCC(C)n1c(Cc2cccs2)nc2cc(C(=O)NCC(=O)N3CCC(O)C3CC(C)C)ccc21. The molecule has 0 bridgehead atoms. The molecule has 3 unspecified atom stereocenters. The Hall–Kier alpha value is -2.71. The molecule has 0 saturated carbocycles. The fraction of sp³-hybridized carbons (Fsp3) is 0.519. The summed E-state index contributed by atoms with van der Waals surface area (Å²) in [5.74, 6) is 0.928. The van der Waals surface area contributed by atoms with E-state index in [1.807, 2.05) is 18.2 Å². The Morgan fingerprint density at radius 2 is 2.06 bits per heavy atom. The van der Waals surface area contributed by atoms with Crippen molar-refractivity contribution in [1.29, 1.82) is 0 Å². The third kappa shape index (κ3) is 5.59. The van der Waals surface area contributed by atoms with E-state index < -0.39 is 6.10 Å². The molecule has 1 aromatic carbocycles. The minimum absolute atomic E-state index is 0.0802. The monoisotopic (exact) mass is 496 g/mol. The van der Waals surface area contributed by atoms with Gasteiger partial charge in [-0.25, -0.2) is 4.98 Å². The molecular weight excluding hydrogens is 460 g/mol. The second-order valence-corrected chi connectivity index (χ2v) is 11.0. The Morgan fingerprint density at radius 3 is 2.74 bits per heavy atom. The minimum atomic E-state index is -0.497. The van der Waals surface area contributed by atoms with E-state index >= 15 is 0 Å². The van der Waals surface area contributed by atoms with E-state index in [9.17, 15) is 14.7 Å². The minimum Gasteiger partial charge on any atom is -0.391 e. The molecule has 3 heterocycles. The number of thiophene rings is 1. The van der Waals surface area contributed by atoms with Gasteiger partial charge in [0.1, 0.15) is 5.82 Å². The van der Waals surface area contributed by atoms with Crippen molar-refractivity contribution in [3.05, 3.63) is 52.0 Å². The zero-order chi connectivity index (χ0) is 25.1. The number of imidazole rings is 1. The molecule has 2 aromatic heterocycles. The molecule has 1 fully saturated rings. The van der Waals surface area contributed by atoms with Crippen LogP contribution in [0.4, 0.5) is 0 Å². The van der Waals surface area contributed by atoms with Gasteiger partial charge in [0.15, 0.2) is 0 Å². The van der Waals surface area contributed by atoms with Gasteiger partial charge in [0, 0.05) is 29.4 Å². The second-order valence-electron chi connectivity index (χ2n) is 9.94. The Morgan fingerprint density at radius 1 is 1.26 bits per heavy atom. The van der Waals surface area contributed by atoms with Crippen LogP contribution in [-0.2, 0) is 11.2 Å². The van der Waals surface area contributed by atoms with Crippen LogP contribution in [0, 0.1) is 5.92 Å². The van der Waals surface area contributed by atoms with E-state index in [0.29, 0.717) is 30.5 Å². The topological polar surface area (TPSA) is 87.5 Å². The van der Waals surface area contributed by atoms with Crippen molar-refractivity contribution in [2.24, 2.45) is 5.92 Å². The molecule has 8 heteroatoms. The average Bonchev–Trinajstić information content (AvgIpc) is 3.56. The first-order valence-corrected chi connectivity index (χ1v) is 13.4. The number of nitrogens with one attached hydrogen (secondary N) is 1. The van der Waals surface area contributed by atoms with Crippen molar-refractivity contribution >= 4 is 34.2 Å². The number of carbonyl (C=O) groups excluding carboxylic acids is 2. The Bertz CT molecular complexity index is 1170. The number of aliphatic hydroxyl groups is 1. The van der Waals surface area contributed by atoms with Crippen LogP contribution in [0.15, 0.2) is 35.7 Å². The number of nitrogens with zero attached hydrogens (tertiary/aromatic N) is 3. The summed E-state index contributed by atoms with van der Waals surface area (Å²) >= 11 is 1.72. The lowest BCUT2D eigenvalue weighted by Crippen LogP contribution is -2.45. The van der Waals surface area contributed by atoms with Crippen LogP contribution in [0.3, 0.4) is 0 Å². The molecule has 4 rings (SSSR count). The number of aromatic nitrogens is 2. The smallest absolute Gasteiger partial charge is 0.251 e. The van der Waals surface area contributed by atoms with Crippen molar-refractivity contribution in [1.82, 2.24) is 19.8 Å². The number of aliphatic hydroxyl groups excluding tert-OH is 1. The normalized spacial score (nSPS) is 19.0. The van der Waals surface area contributed by atoms with Crippen LogP contribution in [0.5, 0.6) is 0 Å². The number of benzene rings is 1. The summed E-state index contributed by atoms with van der Waals surface area (Å²) < 4.78 is 2.27. The van der Waals surface area contributed by atoms with E-state index in [-0.39, 0.29) is 24.4 Å². The maximum absolute atomic E-state index is 12.9. The molecule has 1 saturated heterocycles. The molecule has 1 aliphatic heterocycles. The maximum Gasteiger partial charge on any atom is 0.251 e. The summed E-state index contributed by atoms with van der Waals surface area (Å²) in [7, 11) is 0. The second kappa shape index (κ2) is 10.9. The molecule has 2 N–H and O–H groups in total. The van der Waals surface area contributed by atoms with Crippen molar-refractivity contribution < 1.29 is 14.7 Å². The number of hydrogen-bond acceptors (Lipinski definition) is 5. The van der Waals surface area contributed by atoms with Crippen LogP contribution in [0.2, 0.25) is 0 Å². The molecule has 3 atom stereocenters. The lowest BCUT2D eigenvalue weighted by atomic mass is 10.00. The van der Waals surface area contributed by atoms with Crippen molar-refractivity contribution in [2.45, 2.75) is 71.6 Å². The average molecular weight is 497 g/mol. The van der Waals surface area contributed by atoms with Crippen LogP contribution in [0.25, 0.3) is 11.0 Å². The summed E-state index contributed by atoms with van der Waals surface area (Å²) in [6.07, 6.45) is 2.58. The van der Waals surface area contributed by atoms with E-state index in [4.69, 9.17) is 4.98 Å². The molecule has 7 nitrogen and oxygen atoms in total. The zero-order valence-electron chi connectivity index (χ0n) is 21.0. The van der Waals surface area contributed by atoms with E-state index in [0.717, 1.165) is 36.1 Å². The van der Waals surface area contributed by atoms with Gasteiger partial charge in [-0.1, -0.05) is 26.8 Å². The number of hydrogen-bond donors (Lipinski definition) is 2. The maximum atomic E-state index is 12.9. The summed E-state index contributed by atoms with van der Waals surface area (Å²) in [5.41, 5.74) is 2.29. The van der Waals surface area contributed by atoms with Gasteiger partial charge in [0.25, 0.3) is 5.91 Å². The van der Waals surface area contributed by atoms with Crippen molar-refractivity contribution in [2.75, 3.05) is 13.1 Å². The van der Waals surface area contributed by atoms with Gasteiger partial charge in [0.2, 0.25) is 5.91 Å². The van der Waals surface area contributed by atoms with Crippen LogP contribution >= 0.6 is 11.3 Å². The predicted molar refractivity (Wildman–Crippen MR) is 140 cm³/mol. The molecule has 0 spiro atoms. The Kier molecular flexibility index (Phi) is 7.91. The number of rotatable bonds is 9. The molecule has 35 heavy (non-hydrogen) atoms. The van der Waals surface area contributed by atoms with E-state index in [2.05, 4.69) is 49.0 Å². The lowest BCUT2D eigenvalue weighted by Gasteiger charge is -2.27. The highest BCUT2D eigenvalue weighted by atomic mass is 32.1. The fourth-order valence-electron chi connectivity index (χ4n) is 4.93. The van der Waals surface area contributed by atoms with Gasteiger partial charge in [0.05, 0.1) is 29.7 Å². The largest absolute Gasteiger partial charge is 0.391 e. The van der Waals surface area contributed by atoms with E-state index in [1.165, 1.54) is 4.88 Å². The third-order valence-corrected chi connectivity index (χ3v) is 7.79. The lowest BCUT2D eigenvalue weighted by molar-refractivity contribution is -0.132. The van der Waals surface area contributed by atoms with Crippen LogP contribution in [0.1, 0.15) is 74.1 Å². The Labute approximate surface area is 211 Å². The van der Waals surface area contributed by atoms with E-state index in [1.54, 1.807) is 22.3 Å². The predicted octanol–water partition coefficient (Wildman–Crippen LogP) is 4.40. The highest BCUT2D eigenvalue weighted by Gasteiger charge is 2.36. The summed E-state index contributed by atoms with van der Waals surface area (Å²) in [5, 5.41) is 15.1. The summed E-state index contributed by atoms with van der Waals surface area (Å²) in [6.45, 7) is 8.96. The van der Waals surface area contributed by atoms with Gasteiger partial charge in [-0.2, -0.15) is 0 Å². The first-order valence-electron chi connectivity index (χ1n) is 12.6. The first-order chi connectivity index (χ1) is 16.8. The molecule has 3 aromatic rings. The third-order valence-electron chi connectivity index (χ3n) is 6.91. The first kappa shape index (κ1) is 25.4. The number of fused-ring (bicyclic) bond motifs is 1. The summed E-state index contributed by atoms with van der Waals surface area (Å²) in [4.78, 5) is 33.6. The van der Waals surface area contributed by atoms with Gasteiger partial charge in [-0.05, 0) is 61.7 Å². The van der Waals surface area contributed by atoms with Crippen LogP contribution in [-0.4, -0.2) is 56.6 Å². The fourth-order valence-corrected chi connectivity index (χ4v) is 5.63. The molecule has 2 amide bonds. The molecule has 0 radical (unpaired) electrons. The number of likely N-dealkylation sites (tertiary alicyclic amines) is 1. The quantitative estimate of drug-likeness (QED) is 0.460. The van der Waals surface area contributed by atoms with Gasteiger partial charge < -0.3 is 19.9 Å². The zero-order valence-corrected chi connectivity index (χ0v) is 21.8. The van der Waals surface area contributed by atoms with Gasteiger partial charge >= 0.3 is 0 Å². The highest BCUT2D eigenvalue weighted by molar-refractivity contribution is 7.09. The molecular formula is C27H36N4O3S. The molecule has 188 valence electrons. The molecule has 0 aliphatic carbocycles. The van der Waals surface area contributed by atoms with Crippen LogP contribution < -0.4 is 5.32 Å². The van der Waals surface area contributed by atoms with Gasteiger partial charge in [-0.3, -0.25) is 9.59 Å². The van der Waals surface area contributed by atoms with Crippen molar-refractivity contribution in [3.63, 3.8) is 0 Å². The van der Waals surface area contributed by atoms with Gasteiger partial charge in [-0.15, -0.1) is 11.3 Å². The number of carbonyl (C=O) groups is 2. The number of amides is 2. The Balaban J connectivity index is 1.48. The standard InChI is InChI=1S/C27H36N4O3S/c1-5-18(4)31-22-9-8-19(14-21(22)29-25(31)15-20-7-6-12-35-20)27(34)28-16-26(33)30-11-10-24(32)23(30)13-17(2)3/h6-9,12,14,17-18,23-24,32H,5,10-11,13,15-16H2,1-4H3,(H,28,34). The molecule has 1 aliphatic rings. The summed E-state index contributed by atoms with van der Waals surface area (Å²) in [6, 6.07) is 9.86. The highest BCUT2D eigenvalue weighted by Crippen LogP contribution is 2.27. The van der Waals surface area contributed by atoms with Crippen molar-refractivity contribution in [3.8, 4) is 0 Å².